The van der Waals surface area contributed by atoms with E-state index in [9.17, 15) is 15.0 Å². The summed E-state index contributed by atoms with van der Waals surface area (Å²) in [6.07, 6.45) is -1.68. The smallest absolute Gasteiger partial charge is 0.193 e. The van der Waals surface area contributed by atoms with Crippen molar-refractivity contribution in [1.29, 1.82) is 0 Å². The summed E-state index contributed by atoms with van der Waals surface area (Å²) in [4.78, 5) is 13.0. The van der Waals surface area contributed by atoms with Crippen LogP contribution in [0.5, 0.6) is 0 Å². The summed E-state index contributed by atoms with van der Waals surface area (Å²) in [6.45, 7) is 12.5. The molecule has 134 valence electrons. The summed E-state index contributed by atoms with van der Waals surface area (Å²) in [6, 6.07) is 12.8. The first kappa shape index (κ1) is 19.4. The summed E-state index contributed by atoms with van der Waals surface area (Å²) < 4.78 is 0. The van der Waals surface area contributed by atoms with Crippen molar-refractivity contribution in [2.75, 3.05) is 0 Å². The lowest BCUT2D eigenvalue weighted by Crippen LogP contribution is -2.16. The fourth-order valence-electron chi connectivity index (χ4n) is 2.72. The Morgan fingerprint density at radius 2 is 1.28 bits per heavy atom. The maximum absolute atomic E-state index is 13.0. The molecular formula is C22H28O3. The Balaban J connectivity index is 2.50. The van der Waals surface area contributed by atoms with Gasteiger partial charge in [0.05, 0.1) is 0 Å². The maximum Gasteiger partial charge on any atom is 0.193 e. The molecule has 0 saturated heterocycles. The van der Waals surface area contributed by atoms with Crippen molar-refractivity contribution < 1.29 is 15.0 Å². The van der Waals surface area contributed by atoms with Gasteiger partial charge in [-0.15, -0.1) is 0 Å². The number of aliphatic hydroxyl groups excluding tert-OH is 1. The molecule has 0 aliphatic heterocycles. The molecule has 0 aliphatic rings. The van der Waals surface area contributed by atoms with Crippen LogP contribution in [0.15, 0.2) is 42.5 Å². The number of benzene rings is 2. The summed E-state index contributed by atoms with van der Waals surface area (Å²) in [5, 5.41) is 19.3. The Morgan fingerprint density at radius 3 is 1.72 bits per heavy atom. The van der Waals surface area contributed by atoms with E-state index in [1.165, 1.54) is 0 Å². The minimum atomic E-state index is -1.68. The van der Waals surface area contributed by atoms with Crippen molar-refractivity contribution in [1.82, 2.24) is 0 Å². The fraction of sp³-hybridized carbons (Fsp3) is 0.409. The molecule has 0 amide bonds. The van der Waals surface area contributed by atoms with Gasteiger partial charge in [-0.25, -0.2) is 0 Å². The van der Waals surface area contributed by atoms with Gasteiger partial charge in [0.1, 0.15) is 0 Å². The molecule has 0 radical (unpaired) electrons. The minimum Gasteiger partial charge on any atom is -0.364 e. The minimum absolute atomic E-state index is 0.0141. The number of carbonyl (C=O) groups excluding carboxylic acids is 1. The van der Waals surface area contributed by atoms with Crippen LogP contribution in [0, 0.1) is 0 Å². The zero-order chi connectivity index (χ0) is 19.0. The largest absolute Gasteiger partial charge is 0.364 e. The predicted molar refractivity (Wildman–Crippen MR) is 101 cm³/mol. The zero-order valence-electron chi connectivity index (χ0n) is 15.9. The number of hydrogen-bond donors (Lipinski definition) is 2. The van der Waals surface area contributed by atoms with Gasteiger partial charge >= 0.3 is 0 Å². The molecule has 0 aliphatic carbocycles. The van der Waals surface area contributed by atoms with Gasteiger partial charge in [-0.2, -0.15) is 0 Å². The molecule has 0 unspecified atom stereocenters. The first-order valence-electron chi connectivity index (χ1n) is 8.57. The zero-order valence-corrected chi connectivity index (χ0v) is 15.9. The van der Waals surface area contributed by atoms with Gasteiger partial charge < -0.3 is 10.2 Å². The highest BCUT2D eigenvalue weighted by atomic mass is 16.5. The molecule has 0 aromatic heterocycles. The van der Waals surface area contributed by atoms with E-state index < -0.39 is 6.29 Å². The number of hydrogen-bond acceptors (Lipinski definition) is 3. The third kappa shape index (κ3) is 4.36. The summed E-state index contributed by atoms with van der Waals surface area (Å²) in [5.74, 6) is -0.199. The SMILES string of the molecule is CC(C)(C)c1ccc(C(=O)c2cc(C(C)(C)C)ccc2C(O)O)cc1. The molecule has 0 heterocycles. The predicted octanol–water partition coefficient (Wildman–Crippen LogP) is 4.50. The Morgan fingerprint density at radius 1 is 0.800 bits per heavy atom. The second-order valence-corrected chi connectivity index (χ2v) is 8.58. The Bertz CT molecular complexity index is 757. The maximum atomic E-state index is 13.0. The van der Waals surface area contributed by atoms with Crippen molar-refractivity contribution in [3.63, 3.8) is 0 Å². The van der Waals surface area contributed by atoms with Gasteiger partial charge in [-0.05, 0) is 28.0 Å². The first-order valence-corrected chi connectivity index (χ1v) is 8.57. The molecule has 0 fully saturated rings. The molecule has 2 rings (SSSR count). The first-order chi connectivity index (χ1) is 11.4. The van der Waals surface area contributed by atoms with Crippen LogP contribution in [-0.2, 0) is 10.8 Å². The van der Waals surface area contributed by atoms with Gasteiger partial charge in [0.15, 0.2) is 12.1 Å². The molecule has 0 spiro atoms. The van der Waals surface area contributed by atoms with Crippen molar-refractivity contribution in [3.8, 4) is 0 Å². The summed E-state index contributed by atoms with van der Waals surface area (Å²) in [5.41, 5.74) is 3.12. The van der Waals surface area contributed by atoms with Crippen LogP contribution in [0.4, 0.5) is 0 Å². The molecule has 3 heteroatoms. The Kier molecular flexibility index (Phi) is 5.22. The lowest BCUT2D eigenvalue weighted by molar-refractivity contribution is -0.0429. The van der Waals surface area contributed by atoms with Crippen molar-refractivity contribution in [2.24, 2.45) is 0 Å². The Labute approximate surface area is 150 Å². The van der Waals surface area contributed by atoms with Gasteiger partial charge in [-0.1, -0.05) is 77.9 Å². The highest BCUT2D eigenvalue weighted by molar-refractivity contribution is 6.10. The topological polar surface area (TPSA) is 57.5 Å². The molecule has 3 nitrogen and oxygen atoms in total. The normalized spacial score (nSPS) is 12.5. The third-order valence-electron chi connectivity index (χ3n) is 4.46. The molecule has 0 saturated carbocycles. The molecule has 2 aromatic rings. The second kappa shape index (κ2) is 6.74. The lowest BCUT2D eigenvalue weighted by Gasteiger charge is -2.22. The van der Waals surface area contributed by atoms with E-state index in [0.717, 1.165) is 11.1 Å². The van der Waals surface area contributed by atoms with Gasteiger partial charge in [0.25, 0.3) is 0 Å². The highest BCUT2D eigenvalue weighted by Crippen LogP contribution is 2.29. The van der Waals surface area contributed by atoms with E-state index in [1.807, 2.05) is 18.2 Å². The van der Waals surface area contributed by atoms with Crippen LogP contribution in [-0.4, -0.2) is 16.0 Å². The number of aliphatic hydroxyl groups is 2. The standard InChI is InChI=1S/C22H28O3/c1-21(2,3)15-9-7-14(8-10-15)19(23)18-13-16(22(4,5)6)11-12-17(18)20(24)25/h7-13,20,24-25H,1-6H3. The monoisotopic (exact) mass is 340 g/mol. The molecule has 0 bridgehead atoms. The highest BCUT2D eigenvalue weighted by Gasteiger charge is 2.22. The summed E-state index contributed by atoms with van der Waals surface area (Å²) in [7, 11) is 0. The molecule has 2 N–H and O–H groups in total. The van der Waals surface area contributed by atoms with E-state index in [1.54, 1.807) is 24.3 Å². The van der Waals surface area contributed by atoms with Crippen molar-refractivity contribution in [2.45, 2.75) is 58.7 Å². The average molecular weight is 340 g/mol. The van der Waals surface area contributed by atoms with E-state index >= 15 is 0 Å². The van der Waals surface area contributed by atoms with E-state index in [0.29, 0.717) is 11.1 Å². The van der Waals surface area contributed by atoms with E-state index in [-0.39, 0.29) is 22.2 Å². The quantitative estimate of drug-likeness (QED) is 0.639. The molecule has 0 atom stereocenters. The van der Waals surface area contributed by atoms with E-state index in [2.05, 4.69) is 41.5 Å². The van der Waals surface area contributed by atoms with Crippen molar-refractivity contribution in [3.05, 3.63) is 70.3 Å². The van der Waals surface area contributed by atoms with Crippen LogP contribution in [0.1, 0.15) is 80.4 Å². The molecular weight excluding hydrogens is 312 g/mol. The van der Waals surface area contributed by atoms with E-state index in [4.69, 9.17) is 0 Å². The Hall–Kier alpha value is -1.97. The van der Waals surface area contributed by atoms with Gasteiger partial charge in [-0.3, -0.25) is 4.79 Å². The summed E-state index contributed by atoms with van der Waals surface area (Å²) >= 11 is 0. The van der Waals surface area contributed by atoms with Crippen molar-refractivity contribution >= 4 is 5.78 Å². The number of carbonyl (C=O) groups is 1. The van der Waals surface area contributed by atoms with Crippen LogP contribution in [0.25, 0.3) is 0 Å². The number of ketones is 1. The number of rotatable bonds is 3. The average Bonchev–Trinajstić information content (AvgIpc) is 2.52. The van der Waals surface area contributed by atoms with Gasteiger partial charge in [0, 0.05) is 16.7 Å². The third-order valence-corrected chi connectivity index (χ3v) is 4.46. The van der Waals surface area contributed by atoms with Crippen LogP contribution in [0.3, 0.4) is 0 Å². The molecule has 25 heavy (non-hydrogen) atoms. The molecule has 2 aromatic carbocycles. The van der Waals surface area contributed by atoms with Crippen LogP contribution >= 0.6 is 0 Å². The lowest BCUT2D eigenvalue weighted by atomic mass is 9.83. The second-order valence-electron chi connectivity index (χ2n) is 8.58. The fourth-order valence-corrected chi connectivity index (χ4v) is 2.72. The van der Waals surface area contributed by atoms with Gasteiger partial charge in [0.2, 0.25) is 0 Å². The van der Waals surface area contributed by atoms with Crippen LogP contribution < -0.4 is 0 Å². The van der Waals surface area contributed by atoms with Crippen LogP contribution in [0.2, 0.25) is 0 Å².